The monoisotopic (exact) mass is 252 g/mol. The third-order valence-electron chi connectivity index (χ3n) is 1.52. The van der Waals surface area contributed by atoms with Crippen LogP contribution in [0.3, 0.4) is 0 Å². The number of amides is 1. The molecule has 1 rings (SSSR count). The summed E-state index contributed by atoms with van der Waals surface area (Å²) in [5.41, 5.74) is 5.57. The van der Waals surface area contributed by atoms with Gasteiger partial charge in [-0.2, -0.15) is 11.3 Å². The largest absolute Gasteiger partial charge is 0.443 e. The Bertz CT molecular complexity index is 410. The molecule has 1 amide bonds. The Morgan fingerprint density at radius 3 is 2.88 bits per heavy atom. The summed E-state index contributed by atoms with van der Waals surface area (Å²) in [6, 6.07) is 1.94. The summed E-state index contributed by atoms with van der Waals surface area (Å²) in [6.07, 6.45) is -0.505. The second kappa shape index (κ2) is 6.28. The number of hydrogen-bond acceptors (Lipinski definition) is 4. The van der Waals surface area contributed by atoms with Gasteiger partial charge in [-0.1, -0.05) is 11.8 Å². The van der Waals surface area contributed by atoms with Gasteiger partial charge < -0.3 is 4.74 Å². The van der Waals surface area contributed by atoms with Gasteiger partial charge in [0.15, 0.2) is 0 Å². The number of carbonyl (C=O) groups is 1. The van der Waals surface area contributed by atoms with Gasteiger partial charge in [-0.3, -0.25) is 5.43 Å². The van der Waals surface area contributed by atoms with Crippen LogP contribution in [-0.4, -0.2) is 18.2 Å². The van der Waals surface area contributed by atoms with Gasteiger partial charge in [0, 0.05) is 10.9 Å². The quantitative estimate of drug-likeness (QED) is 0.481. The van der Waals surface area contributed by atoms with Crippen molar-refractivity contribution in [1.82, 2.24) is 10.9 Å². The molecule has 0 aliphatic carbocycles. The summed E-state index contributed by atoms with van der Waals surface area (Å²) < 4.78 is 5.03. The first-order valence-corrected chi connectivity index (χ1v) is 6.14. The fourth-order valence-corrected chi connectivity index (χ4v) is 1.53. The normalized spacial score (nSPS) is 10.3. The molecule has 0 unspecified atom stereocenters. The SMILES string of the molecule is CC(C)(C)OC(=O)NNCC#Cc1ccsc1. The molecule has 0 spiro atoms. The number of hydrogen-bond donors (Lipinski definition) is 2. The number of carbonyl (C=O) groups excluding carboxylic acids is 1. The molecule has 0 atom stereocenters. The van der Waals surface area contributed by atoms with Crippen molar-refractivity contribution in [2.75, 3.05) is 6.54 Å². The Hall–Kier alpha value is -1.51. The van der Waals surface area contributed by atoms with Crippen LogP contribution in [0.5, 0.6) is 0 Å². The molecule has 1 aromatic rings. The van der Waals surface area contributed by atoms with Crippen molar-refractivity contribution in [2.24, 2.45) is 0 Å². The van der Waals surface area contributed by atoms with Crippen LogP contribution in [0.25, 0.3) is 0 Å². The molecule has 4 nitrogen and oxygen atoms in total. The van der Waals surface area contributed by atoms with E-state index < -0.39 is 11.7 Å². The van der Waals surface area contributed by atoms with E-state index in [-0.39, 0.29) is 0 Å². The second-order valence-corrected chi connectivity index (χ2v) is 5.07. The first-order valence-electron chi connectivity index (χ1n) is 5.20. The maximum atomic E-state index is 11.2. The minimum absolute atomic E-state index is 0.370. The molecular formula is C12H16N2O2S. The highest BCUT2D eigenvalue weighted by molar-refractivity contribution is 7.08. The second-order valence-electron chi connectivity index (χ2n) is 4.29. The average molecular weight is 252 g/mol. The van der Waals surface area contributed by atoms with E-state index in [2.05, 4.69) is 22.7 Å². The van der Waals surface area contributed by atoms with Crippen LogP contribution in [0.15, 0.2) is 16.8 Å². The van der Waals surface area contributed by atoms with E-state index in [0.717, 1.165) is 5.56 Å². The summed E-state index contributed by atoms with van der Waals surface area (Å²) in [6.45, 7) is 5.80. The van der Waals surface area contributed by atoms with E-state index in [1.165, 1.54) is 0 Å². The van der Waals surface area contributed by atoms with Crippen LogP contribution >= 0.6 is 11.3 Å². The van der Waals surface area contributed by atoms with Crippen molar-refractivity contribution in [3.63, 3.8) is 0 Å². The standard InChI is InChI=1S/C12H16N2O2S/c1-12(2,3)16-11(15)14-13-7-4-5-10-6-8-17-9-10/h6,8-9,13H,7H2,1-3H3,(H,14,15). The first-order chi connectivity index (χ1) is 7.97. The highest BCUT2D eigenvalue weighted by Gasteiger charge is 2.15. The number of ether oxygens (including phenoxy) is 1. The predicted octanol–water partition coefficient (Wildman–Crippen LogP) is 2.13. The maximum Gasteiger partial charge on any atom is 0.422 e. The van der Waals surface area contributed by atoms with Crippen LogP contribution in [-0.2, 0) is 4.74 Å². The molecule has 0 saturated heterocycles. The predicted molar refractivity (Wildman–Crippen MR) is 68.6 cm³/mol. The van der Waals surface area contributed by atoms with E-state index in [4.69, 9.17) is 4.74 Å². The Kier molecular flexibility index (Phi) is 5.01. The molecule has 0 aliphatic heterocycles. The zero-order chi connectivity index (χ0) is 12.7. The molecule has 1 aromatic heterocycles. The van der Waals surface area contributed by atoms with Gasteiger partial charge in [-0.05, 0) is 32.2 Å². The molecule has 0 saturated carbocycles. The van der Waals surface area contributed by atoms with E-state index in [1.807, 2.05) is 37.6 Å². The van der Waals surface area contributed by atoms with Crippen LogP contribution in [0.4, 0.5) is 4.79 Å². The number of hydrazine groups is 1. The smallest absolute Gasteiger partial charge is 0.422 e. The minimum Gasteiger partial charge on any atom is -0.443 e. The molecule has 1 heterocycles. The molecule has 0 fully saturated rings. The van der Waals surface area contributed by atoms with E-state index >= 15 is 0 Å². The Labute approximate surface area is 105 Å². The third kappa shape index (κ3) is 6.61. The Morgan fingerprint density at radius 1 is 1.53 bits per heavy atom. The molecule has 0 aromatic carbocycles. The first kappa shape index (κ1) is 13.6. The van der Waals surface area contributed by atoms with Crippen molar-refractivity contribution in [1.29, 1.82) is 0 Å². The molecule has 0 bridgehead atoms. The molecule has 92 valence electrons. The number of thiophene rings is 1. The topological polar surface area (TPSA) is 50.4 Å². The zero-order valence-corrected chi connectivity index (χ0v) is 11.0. The molecule has 0 aliphatic rings. The summed E-state index contributed by atoms with van der Waals surface area (Å²) >= 11 is 1.60. The lowest BCUT2D eigenvalue weighted by atomic mass is 10.2. The van der Waals surface area contributed by atoms with Crippen molar-refractivity contribution in [3.8, 4) is 11.8 Å². The van der Waals surface area contributed by atoms with Crippen molar-refractivity contribution >= 4 is 17.4 Å². The van der Waals surface area contributed by atoms with Gasteiger partial charge in [-0.25, -0.2) is 10.2 Å². The van der Waals surface area contributed by atoms with Gasteiger partial charge >= 0.3 is 6.09 Å². The average Bonchev–Trinajstić information content (AvgIpc) is 2.67. The van der Waals surface area contributed by atoms with E-state index in [9.17, 15) is 4.79 Å². The highest BCUT2D eigenvalue weighted by Crippen LogP contribution is 2.05. The van der Waals surface area contributed by atoms with Crippen LogP contribution in [0.1, 0.15) is 26.3 Å². The van der Waals surface area contributed by atoms with Gasteiger partial charge in [0.1, 0.15) is 5.60 Å². The fraction of sp³-hybridized carbons (Fsp3) is 0.417. The molecule has 0 radical (unpaired) electrons. The fourth-order valence-electron chi connectivity index (χ4n) is 0.946. The summed E-state index contributed by atoms with van der Waals surface area (Å²) in [7, 11) is 0. The van der Waals surface area contributed by atoms with Crippen molar-refractivity contribution < 1.29 is 9.53 Å². The van der Waals surface area contributed by atoms with Gasteiger partial charge in [0.2, 0.25) is 0 Å². The maximum absolute atomic E-state index is 11.2. The van der Waals surface area contributed by atoms with Gasteiger partial charge in [0.05, 0.1) is 6.54 Å². The van der Waals surface area contributed by atoms with Crippen LogP contribution in [0.2, 0.25) is 0 Å². The summed E-state index contributed by atoms with van der Waals surface area (Å²) in [5.74, 6) is 5.83. The van der Waals surface area contributed by atoms with Crippen molar-refractivity contribution in [2.45, 2.75) is 26.4 Å². The Balaban J connectivity index is 2.18. The van der Waals surface area contributed by atoms with Crippen LogP contribution in [0, 0.1) is 11.8 Å². The van der Waals surface area contributed by atoms with Gasteiger partial charge in [0.25, 0.3) is 0 Å². The lowest BCUT2D eigenvalue weighted by Crippen LogP contribution is -2.41. The zero-order valence-electron chi connectivity index (χ0n) is 10.2. The third-order valence-corrected chi connectivity index (χ3v) is 2.20. The van der Waals surface area contributed by atoms with Crippen molar-refractivity contribution in [3.05, 3.63) is 22.4 Å². The highest BCUT2D eigenvalue weighted by atomic mass is 32.1. The number of rotatable bonds is 2. The summed E-state index contributed by atoms with van der Waals surface area (Å²) in [4.78, 5) is 11.2. The molecular weight excluding hydrogens is 236 g/mol. The lowest BCUT2D eigenvalue weighted by Gasteiger charge is -2.19. The van der Waals surface area contributed by atoms with E-state index in [1.54, 1.807) is 11.3 Å². The molecule has 2 N–H and O–H groups in total. The summed E-state index contributed by atoms with van der Waals surface area (Å²) in [5, 5.41) is 3.94. The Morgan fingerprint density at radius 2 is 2.29 bits per heavy atom. The lowest BCUT2D eigenvalue weighted by molar-refractivity contribution is 0.0502. The van der Waals surface area contributed by atoms with E-state index in [0.29, 0.717) is 6.54 Å². The molecule has 5 heteroatoms. The van der Waals surface area contributed by atoms with Gasteiger partial charge in [-0.15, -0.1) is 0 Å². The number of nitrogens with one attached hydrogen (secondary N) is 2. The minimum atomic E-state index is -0.505. The molecule has 17 heavy (non-hydrogen) atoms. The van der Waals surface area contributed by atoms with Crippen LogP contribution < -0.4 is 10.9 Å².